The molecule has 6 heteroatoms. The summed E-state index contributed by atoms with van der Waals surface area (Å²) in [6.07, 6.45) is 2.55. The number of hydrogen-bond acceptors (Lipinski definition) is 3. The second-order valence-electron chi connectivity index (χ2n) is 4.83. The van der Waals surface area contributed by atoms with E-state index in [4.69, 9.17) is 5.26 Å². The van der Waals surface area contributed by atoms with Gasteiger partial charge in [-0.1, -0.05) is 0 Å². The van der Waals surface area contributed by atoms with Crippen LogP contribution in [0.2, 0.25) is 0 Å². The third-order valence-corrected chi connectivity index (χ3v) is 3.42. The van der Waals surface area contributed by atoms with E-state index in [2.05, 4.69) is 10.3 Å². The number of benzene rings is 1. The summed E-state index contributed by atoms with van der Waals surface area (Å²) in [6.45, 7) is 0. The van der Waals surface area contributed by atoms with Gasteiger partial charge in [0.25, 0.3) is 0 Å². The summed E-state index contributed by atoms with van der Waals surface area (Å²) >= 11 is 0. The van der Waals surface area contributed by atoms with Crippen LogP contribution in [0.5, 0.6) is 0 Å². The van der Waals surface area contributed by atoms with Gasteiger partial charge in [0.15, 0.2) is 11.6 Å². The van der Waals surface area contributed by atoms with Gasteiger partial charge >= 0.3 is 0 Å². The Morgan fingerprint density at radius 2 is 1.81 bits per heavy atom. The van der Waals surface area contributed by atoms with Gasteiger partial charge in [0, 0.05) is 17.8 Å². The summed E-state index contributed by atoms with van der Waals surface area (Å²) in [5.41, 5.74) is 1.49. The number of nitrogens with zero attached hydrogens (tertiary/aromatic N) is 2. The van der Waals surface area contributed by atoms with E-state index in [9.17, 15) is 13.2 Å². The molecule has 1 heterocycles. The second-order valence-corrected chi connectivity index (χ2v) is 4.83. The Labute approximate surface area is 119 Å². The van der Waals surface area contributed by atoms with Gasteiger partial charge in [-0.2, -0.15) is 5.26 Å². The van der Waals surface area contributed by atoms with Crippen LogP contribution in [0.3, 0.4) is 0 Å². The van der Waals surface area contributed by atoms with Crippen LogP contribution in [-0.4, -0.2) is 4.98 Å². The predicted octanol–water partition coefficient (Wildman–Crippen LogP) is 3.60. The number of anilines is 2. The highest BCUT2D eigenvalue weighted by molar-refractivity contribution is 5.64. The van der Waals surface area contributed by atoms with Gasteiger partial charge in [0.1, 0.15) is 23.4 Å². The van der Waals surface area contributed by atoms with Crippen molar-refractivity contribution < 1.29 is 13.2 Å². The molecule has 0 saturated carbocycles. The molecular weight excluding hydrogens is 279 g/mol. The minimum absolute atomic E-state index is 0.0857. The molecule has 0 aliphatic heterocycles. The summed E-state index contributed by atoms with van der Waals surface area (Å²) in [6, 6.07) is 4.78. The van der Waals surface area contributed by atoms with E-state index in [1.54, 1.807) is 6.07 Å². The largest absolute Gasteiger partial charge is 0.334 e. The third kappa shape index (κ3) is 2.42. The third-order valence-electron chi connectivity index (χ3n) is 3.42. The van der Waals surface area contributed by atoms with Crippen molar-refractivity contribution in [3.8, 4) is 6.07 Å². The van der Waals surface area contributed by atoms with Crippen LogP contribution in [0.4, 0.5) is 24.7 Å². The summed E-state index contributed by atoms with van der Waals surface area (Å²) in [7, 11) is 0. The lowest BCUT2D eigenvalue weighted by molar-refractivity contribution is 0.548. The van der Waals surface area contributed by atoms with Crippen molar-refractivity contribution in [1.82, 2.24) is 4.98 Å². The quantitative estimate of drug-likeness (QED) is 0.919. The Balaban J connectivity index is 2.05. The summed E-state index contributed by atoms with van der Waals surface area (Å²) in [5.74, 6) is -3.06. The molecule has 0 bridgehead atoms. The average Bonchev–Trinajstić information content (AvgIpc) is 2.88. The molecule has 0 radical (unpaired) electrons. The molecule has 1 N–H and O–H groups in total. The number of nitrogens with one attached hydrogen (secondary N) is 1. The highest BCUT2D eigenvalue weighted by Crippen LogP contribution is 2.29. The van der Waals surface area contributed by atoms with Gasteiger partial charge in [-0.3, -0.25) is 0 Å². The summed E-state index contributed by atoms with van der Waals surface area (Å²) in [5, 5.41) is 11.6. The van der Waals surface area contributed by atoms with Crippen LogP contribution >= 0.6 is 0 Å². The van der Waals surface area contributed by atoms with E-state index in [0.29, 0.717) is 12.1 Å². The predicted molar refractivity (Wildman–Crippen MR) is 70.6 cm³/mol. The first-order chi connectivity index (χ1) is 10.1. The van der Waals surface area contributed by atoms with E-state index in [-0.39, 0.29) is 11.4 Å². The normalized spacial score (nSPS) is 12.9. The molecule has 0 atom stereocenters. The molecule has 2 aromatic rings. The Kier molecular flexibility index (Phi) is 3.26. The lowest BCUT2D eigenvalue weighted by atomic mass is 10.1. The maximum Gasteiger partial charge on any atom is 0.152 e. The van der Waals surface area contributed by atoms with E-state index in [1.807, 2.05) is 6.07 Å². The molecular formula is C15H10F3N3. The maximum absolute atomic E-state index is 13.7. The Hall–Kier alpha value is -2.55. The molecule has 1 aliphatic carbocycles. The molecule has 1 aromatic carbocycles. The zero-order valence-corrected chi connectivity index (χ0v) is 10.9. The molecule has 3 rings (SSSR count). The number of fused-ring (bicyclic) bond motifs is 1. The lowest BCUT2D eigenvalue weighted by Crippen LogP contribution is -2.04. The van der Waals surface area contributed by atoms with Crippen LogP contribution < -0.4 is 5.32 Å². The molecule has 1 aromatic heterocycles. The first-order valence-corrected chi connectivity index (χ1v) is 6.43. The van der Waals surface area contributed by atoms with E-state index in [0.717, 1.165) is 30.5 Å². The highest BCUT2D eigenvalue weighted by atomic mass is 19.1. The van der Waals surface area contributed by atoms with Gasteiger partial charge in [0.05, 0.1) is 5.56 Å². The van der Waals surface area contributed by atoms with Crippen molar-refractivity contribution in [2.24, 2.45) is 0 Å². The molecule has 0 fully saturated rings. The number of nitriles is 1. The molecule has 21 heavy (non-hydrogen) atoms. The van der Waals surface area contributed by atoms with Crippen LogP contribution in [-0.2, 0) is 12.8 Å². The van der Waals surface area contributed by atoms with Gasteiger partial charge in [-0.15, -0.1) is 0 Å². The van der Waals surface area contributed by atoms with Gasteiger partial charge in [-0.05, 0) is 30.9 Å². The zero-order chi connectivity index (χ0) is 15.0. The topological polar surface area (TPSA) is 48.7 Å². The van der Waals surface area contributed by atoms with Crippen LogP contribution in [0, 0.1) is 28.8 Å². The SMILES string of the molecule is N#Cc1cc2c(nc1Nc1c(F)cc(F)cc1F)CCC2. The smallest absolute Gasteiger partial charge is 0.152 e. The van der Waals surface area contributed by atoms with Gasteiger partial charge < -0.3 is 5.32 Å². The summed E-state index contributed by atoms with van der Waals surface area (Å²) < 4.78 is 40.2. The van der Waals surface area contributed by atoms with Gasteiger partial charge in [0.2, 0.25) is 0 Å². The maximum atomic E-state index is 13.7. The van der Waals surface area contributed by atoms with E-state index >= 15 is 0 Å². The Morgan fingerprint density at radius 3 is 2.48 bits per heavy atom. The van der Waals surface area contributed by atoms with Crippen LogP contribution in [0.15, 0.2) is 18.2 Å². The van der Waals surface area contributed by atoms with E-state index in [1.165, 1.54) is 0 Å². The monoisotopic (exact) mass is 289 g/mol. The molecule has 0 unspecified atom stereocenters. The minimum atomic E-state index is -1.07. The van der Waals surface area contributed by atoms with Crippen molar-refractivity contribution in [2.75, 3.05) is 5.32 Å². The molecule has 0 amide bonds. The Bertz CT molecular complexity index is 742. The van der Waals surface area contributed by atoms with Crippen LogP contribution in [0.1, 0.15) is 23.2 Å². The van der Waals surface area contributed by atoms with Crippen molar-refractivity contribution in [3.05, 3.63) is 52.5 Å². The number of rotatable bonds is 2. The summed E-state index contributed by atoms with van der Waals surface area (Å²) in [4.78, 5) is 4.26. The standard InChI is InChI=1S/C15H10F3N3/c16-10-5-11(17)14(12(18)6-10)21-15-9(7-19)4-8-2-1-3-13(8)20-15/h4-6H,1-3H2,(H,20,21). The lowest BCUT2D eigenvalue weighted by Gasteiger charge is -2.11. The number of aryl methyl sites for hydroxylation is 2. The number of aromatic nitrogens is 1. The van der Waals surface area contributed by atoms with E-state index < -0.39 is 23.1 Å². The minimum Gasteiger partial charge on any atom is -0.334 e. The molecule has 3 nitrogen and oxygen atoms in total. The number of halogens is 3. The number of hydrogen-bond donors (Lipinski definition) is 1. The Morgan fingerprint density at radius 1 is 1.10 bits per heavy atom. The van der Waals surface area contributed by atoms with Crippen LogP contribution in [0.25, 0.3) is 0 Å². The molecule has 0 spiro atoms. The van der Waals surface area contributed by atoms with Crippen molar-refractivity contribution in [2.45, 2.75) is 19.3 Å². The molecule has 106 valence electrons. The first kappa shape index (κ1) is 13.4. The van der Waals surface area contributed by atoms with Crippen molar-refractivity contribution in [3.63, 3.8) is 0 Å². The highest BCUT2D eigenvalue weighted by Gasteiger charge is 2.19. The van der Waals surface area contributed by atoms with Crippen molar-refractivity contribution >= 4 is 11.5 Å². The first-order valence-electron chi connectivity index (χ1n) is 6.43. The van der Waals surface area contributed by atoms with Crippen molar-refractivity contribution in [1.29, 1.82) is 5.26 Å². The fourth-order valence-corrected chi connectivity index (χ4v) is 2.43. The average molecular weight is 289 g/mol. The molecule has 1 aliphatic rings. The zero-order valence-electron chi connectivity index (χ0n) is 10.9. The van der Waals surface area contributed by atoms with Gasteiger partial charge in [-0.25, -0.2) is 18.2 Å². The number of pyridine rings is 1. The fraction of sp³-hybridized carbons (Fsp3) is 0.200. The molecule has 0 saturated heterocycles. The fourth-order valence-electron chi connectivity index (χ4n) is 2.43. The second kappa shape index (κ2) is 5.09.